The summed E-state index contributed by atoms with van der Waals surface area (Å²) in [7, 11) is 7.62. The van der Waals surface area contributed by atoms with Crippen molar-refractivity contribution in [1.29, 1.82) is 0 Å². The molecule has 0 aromatic heterocycles. The van der Waals surface area contributed by atoms with Crippen molar-refractivity contribution < 1.29 is 0 Å². The van der Waals surface area contributed by atoms with Crippen LogP contribution in [0, 0.1) is 20.8 Å². The zero-order chi connectivity index (χ0) is 16.4. The molecule has 2 heteroatoms. The van der Waals surface area contributed by atoms with Crippen LogP contribution in [0.4, 0.5) is 0 Å². The molecule has 0 radical (unpaired) electrons. The molecule has 0 aliphatic heterocycles. The van der Waals surface area contributed by atoms with E-state index in [0.717, 1.165) is 0 Å². The van der Waals surface area contributed by atoms with Crippen LogP contribution in [0.15, 0.2) is 72.8 Å². The second-order valence-corrected chi connectivity index (χ2v) is 15.2. The molecule has 0 aliphatic carbocycles. The Hall–Kier alpha value is -1.51. The second kappa shape index (κ2) is 6.54. The van der Waals surface area contributed by atoms with Crippen LogP contribution >= 0.6 is 10.0 Å². The molecular weight excluding hydrogens is 360 g/mol. The number of aryl methyl sites for hydroxylation is 3. The van der Waals surface area contributed by atoms with E-state index < -0.39 is 12.3 Å². The van der Waals surface area contributed by atoms with Crippen molar-refractivity contribution in [2.45, 2.75) is 20.8 Å². The van der Waals surface area contributed by atoms with Crippen molar-refractivity contribution >= 4 is 35.5 Å². The fourth-order valence-electron chi connectivity index (χ4n) is 3.31. The first-order valence-corrected chi connectivity index (χ1v) is 13.8. The van der Waals surface area contributed by atoms with Gasteiger partial charge in [0.05, 0.1) is 0 Å². The monoisotopic (exact) mass is 382 g/mol. The summed E-state index contributed by atoms with van der Waals surface area (Å²) in [5, 5.41) is 0. The van der Waals surface area contributed by atoms with E-state index >= 15 is 0 Å². The predicted octanol–water partition coefficient (Wildman–Crippen LogP) is 3.82. The van der Waals surface area contributed by atoms with Crippen molar-refractivity contribution in [3.8, 4) is 0 Å². The number of rotatable bonds is 3. The summed E-state index contributed by atoms with van der Waals surface area (Å²) in [6, 6.07) is 25.8. The van der Waals surface area contributed by atoms with Crippen molar-refractivity contribution in [2.75, 3.05) is 0 Å². The maximum absolute atomic E-state index is 7.62. The summed E-state index contributed by atoms with van der Waals surface area (Å²) in [5.41, 5.74) is 3.86. The van der Waals surface area contributed by atoms with Crippen LogP contribution in [0.1, 0.15) is 16.7 Å². The molecule has 0 heterocycles. The van der Waals surface area contributed by atoms with Crippen LogP contribution in [0.25, 0.3) is 0 Å². The van der Waals surface area contributed by atoms with Gasteiger partial charge in [0.25, 0.3) is 0 Å². The van der Waals surface area contributed by atoms with Crippen molar-refractivity contribution in [2.24, 2.45) is 0 Å². The Bertz CT molecular complexity index is 728. The van der Waals surface area contributed by atoms with Crippen LogP contribution in [-0.2, 0) is 0 Å². The van der Waals surface area contributed by atoms with Crippen LogP contribution in [0.5, 0.6) is 0 Å². The molecule has 0 atom stereocenters. The summed E-state index contributed by atoms with van der Waals surface area (Å²) < 4.78 is 3.99. The third-order valence-electron chi connectivity index (χ3n) is 4.55. The zero-order valence-corrected chi connectivity index (χ0v) is 16.7. The maximum atomic E-state index is 7.62. The quantitative estimate of drug-likeness (QED) is 0.605. The average Bonchev–Trinajstić information content (AvgIpc) is 2.55. The summed E-state index contributed by atoms with van der Waals surface area (Å²) in [4.78, 5) is 0. The molecule has 3 aromatic rings. The molecule has 0 saturated carbocycles. The Labute approximate surface area is 145 Å². The molecule has 0 unspecified atom stereocenters. The minimum absolute atomic E-state index is 1.29. The molecule has 3 rings (SSSR count). The molecular formula is C21H21ClGe. The van der Waals surface area contributed by atoms with Crippen molar-refractivity contribution in [3.63, 3.8) is 0 Å². The third kappa shape index (κ3) is 2.86. The molecule has 0 spiro atoms. The van der Waals surface area contributed by atoms with Gasteiger partial charge in [0.2, 0.25) is 0 Å². The molecule has 0 bridgehead atoms. The van der Waals surface area contributed by atoms with Crippen LogP contribution in [0.2, 0.25) is 0 Å². The molecule has 0 fully saturated rings. The van der Waals surface area contributed by atoms with E-state index in [9.17, 15) is 0 Å². The van der Waals surface area contributed by atoms with Gasteiger partial charge < -0.3 is 0 Å². The number of hydrogen-bond donors (Lipinski definition) is 0. The van der Waals surface area contributed by atoms with Gasteiger partial charge in [0.15, 0.2) is 0 Å². The fourth-order valence-corrected chi connectivity index (χ4v) is 14.4. The first kappa shape index (κ1) is 16.4. The van der Waals surface area contributed by atoms with Crippen LogP contribution in [-0.4, -0.2) is 12.3 Å². The van der Waals surface area contributed by atoms with Gasteiger partial charge in [-0.3, -0.25) is 0 Å². The Balaban J connectivity index is 2.38. The molecule has 0 saturated heterocycles. The van der Waals surface area contributed by atoms with E-state index in [1.165, 1.54) is 29.9 Å². The van der Waals surface area contributed by atoms with E-state index in [4.69, 9.17) is 10.0 Å². The van der Waals surface area contributed by atoms with Gasteiger partial charge in [0, 0.05) is 0 Å². The van der Waals surface area contributed by atoms with E-state index in [0.29, 0.717) is 0 Å². The van der Waals surface area contributed by atoms with Gasteiger partial charge in [-0.1, -0.05) is 0 Å². The van der Waals surface area contributed by atoms with Crippen molar-refractivity contribution in [3.05, 3.63) is 89.5 Å². The first-order chi connectivity index (χ1) is 11.0. The van der Waals surface area contributed by atoms with Crippen LogP contribution in [0.3, 0.4) is 0 Å². The standard InChI is InChI=1S/C21H21ClGe/c1-16-10-4-7-13-19(16)23(22,20-14-8-5-11-17(20)2)21-15-9-6-12-18(21)3/h4-15H,1-3H3. The Morgan fingerprint density at radius 3 is 1.04 bits per heavy atom. The van der Waals surface area contributed by atoms with Crippen molar-refractivity contribution in [1.82, 2.24) is 0 Å². The summed E-state index contributed by atoms with van der Waals surface area (Å²) in [5.74, 6) is 0. The average molecular weight is 381 g/mol. The predicted molar refractivity (Wildman–Crippen MR) is 104 cm³/mol. The van der Waals surface area contributed by atoms with Gasteiger partial charge in [0.1, 0.15) is 0 Å². The van der Waals surface area contributed by atoms with Crippen LogP contribution < -0.4 is 13.2 Å². The minimum atomic E-state index is -3.19. The molecule has 23 heavy (non-hydrogen) atoms. The Morgan fingerprint density at radius 2 is 0.783 bits per heavy atom. The molecule has 0 nitrogen and oxygen atoms in total. The molecule has 3 aromatic carbocycles. The first-order valence-electron chi connectivity index (χ1n) is 7.92. The molecule has 0 aliphatic rings. The molecule has 116 valence electrons. The summed E-state index contributed by atoms with van der Waals surface area (Å²) >= 11 is -3.19. The zero-order valence-electron chi connectivity index (χ0n) is 13.8. The van der Waals surface area contributed by atoms with Gasteiger partial charge >= 0.3 is 146 Å². The van der Waals surface area contributed by atoms with Gasteiger partial charge in [-0.25, -0.2) is 0 Å². The van der Waals surface area contributed by atoms with Gasteiger partial charge in [-0.2, -0.15) is 0 Å². The summed E-state index contributed by atoms with van der Waals surface area (Å²) in [6.45, 7) is 6.52. The molecule has 0 amide bonds. The third-order valence-corrected chi connectivity index (χ3v) is 15.9. The number of benzene rings is 3. The topological polar surface area (TPSA) is 0 Å². The summed E-state index contributed by atoms with van der Waals surface area (Å²) in [6.07, 6.45) is 0. The number of halogens is 1. The van der Waals surface area contributed by atoms with E-state index in [-0.39, 0.29) is 0 Å². The van der Waals surface area contributed by atoms with Gasteiger partial charge in [-0.15, -0.1) is 0 Å². The SMILES string of the molecule is Cc1cccc[c]1[Ge]([Cl])([c]1ccccc1C)[c]1ccccc1C. The van der Waals surface area contributed by atoms with Gasteiger partial charge in [-0.05, 0) is 0 Å². The van der Waals surface area contributed by atoms with E-state index in [1.54, 1.807) is 0 Å². The number of hydrogen-bond acceptors (Lipinski definition) is 0. The second-order valence-electron chi connectivity index (χ2n) is 6.10. The Morgan fingerprint density at radius 1 is 0.522 bits per heavy atom. The van der Waals surface area contributed by atoms with E-state index in [1.807, 2.05) is 0 Å². The fraction of sp³-hybridized carbons (Fsp3) is 0.143. The Kier molecular flexibility index (Phi) is 4.65. The van der Waals surface area contributed by atoms with E-state index in [2.05, 4.69) is 93.6 Å². The molecule has 0 N–H and O–H groups in total. The normalized spacial score (nSPS) is 11.5.